The summed E-state index contributed by atoms with van der Waals surface area (Å²) >= 11 is 0. The Morgan fingerprint density at radius 1 is 0.762 bits per heavy atom. The van der Waals surface area contributed by atoms with E-state index in [1.165, 1.54) is 0 Å². The van der Waals surface area contributed by atoms with Crippen LogP contribution in [0, 0.1) is 40.5 Å². The molecule has 0 N–H and O–H groups in total. The molecule has 0 aliphatic heterocycles. The second-order valence-electron chi connectivity index (χ2n) is 3.13. The zero-order valence-corrected chi connectivity index (χ0v) is 9.45. The third-order valence-electron chi connectivity index (χ3n) is 2.05. The number of hydrogen-bond acceptors (Lipinski definition) is 10. The molecule has 18 nitrogen and oxygen atoms in total. The molecule has 0 spiro atoms. The molecule has 0 aliphatic carbocycles. The molecular formula is C3H2N10O8. The van der Waals surface area contributed by atoms with Gasteiger partial charge < -0.3 is 0 Å². The van der Waals surface area contributed by atoms with E-state index in [0.717, 1.165) is 0 Å². The fourth-order valence-corrected chi connectivity index (χ4v) is 1.07. The average Bonchev–Trinajstić information content (AvgIpc) is 2.35. The topological polar surface area (TPSA) is 270 Å². The van der Waals surface area contributed by atoms with E-state index in [2.05, 4.69) is 10.2 Å². The highest BCUT2D eigenvalue weighted by atomic mass is 16.7. The monoisotopic (exact) mass is 306 g/mol. The van der Waals surface area contributed by atoms with Crippen molar-refractivity contribution in [2.45, 2.75) is 18.0 Å². The van der Waals surface area contributed by atoms with E-state index in [4.69, 9.17) is 11.1 Å². The predicted molar refractivity (Wildman–Crippen MR) is 56.3 cm³/mol. The first-order valence-electron chi connectivity index (χ1n) is 4.31. The van der Waals surface area contributed by atoms with Crippen LogP contribution in [0.2, 0.25) is 0 Å². The van der Waals surface area contributed by atoms with Gasteiger partial charge in [0.2, 0.25) is 6.42 Å². The summed E-state index contributed by atoms with van der Waals surface area (Å²) in [6.07, 6.45) is -2.23. The maximum atomic E-state index is 10.7. The molecule has 0 radical (unpaired) electrons. The van der Waals surface area contributed by atoms with Gasteiger partial charge in [0.15, 0.2) is 0 Å². The maximum absolute atomic E-state index is 10.7. The zero-order valence-electron chi connectivity index (χ0n) is 9.45. The molecule has 0 saturated carbocycles. The lowest BCUT2D eigenvalue weighted by atomic mass is 10.1. The van der Waals surface area contributed by atoms with E-state index >= 15 is 0 Å². The smallest absolute Gasteiger partial charge is 0.258 e. The zero-order chi connectivity index (χ0) is 16.8. The summed E-state index contributed by atoms with van der Waals surface area (Å²) in [5, 5.41) is 47.1. The van der Waals surface area contributed by atoms with Gasteiger partial charge in [-0.1, -0.05) is 0 Å². The highest BCUT2D eigenvalue weighted by Gasteiger charge is 2.73. The van der Waals surface area contributed by atoms with E-state index in [9.17, 15) is 40.5 Å². The lowest BCUT2D eigenvalue weighted by Gasteiger charge is -2.15. The number of rotatable bonds is 8. The van der Waals surface area contributed by atoms with Crippen LogP contribution in [0.3, 0.4) is 0 Å². The van der Waals surface area contributed by atoms with Gasteiger partial charge in [0.25, 0.3) is 0 Å². The molecule has 21 heavy (non-hydrogen) atoms. The number of nitro groups is 4. The van der Waals surface area contributed by atoms with E-state index in [0.29, 0.717) is 0 Å². The molecule has 0 aromatic heterocycles. The molecule has 0 aliphatic rings. The average molecular weight is 306 g/mol. The van der Waals surface area contributed by atoms with Crippen LogP contribution in [0.5, 0.6) is 0 Å². The van der Waals surface area contributed by atoms with E-state index in [1.807, 2.05) is 0 Å². The standard InChI is InChI=1S/C3H2N10O8/c4-8-6-2(10(14)15,11(16)17)1-3(7-9-5,12(18)19)13(20)21/h1H2. The summed E-state index contributed by atoms with van der Waals surface area (Å²) in [7, 11) is 0. The number of nitrogens with zero attached hydrogens (tertiary/aromatic N) is 10. The van der Waals surface area contributed by atoms with Crippen molar-refractivity contribution in [3.63, 3.8) is 0 Å². The first kappa shape index (κ1) is 17.2. The Labute approximate surface area is 110 Å². The Kier molecular flexibility index (Phi) is 4.84. The van der Waals surface area contributed by atoms with Gasteiger partial charge in [0.1, 0.15) is 19.7 Å². The minimum Gasteiger partial charge on any atom is -0.258 e. The summed E-state index contributed by atoms with van der Waals surface area (Å²) in [5.74, 6) is -7.99. The Morgan fingerprint density at radius 3 is 1.14 bits per heavy atom. The highest BCUT2D eigenvalue weighted by Crippen LogP contribution is 2.30. The van der Waals surface area contributed by atoms with Gasteiger partial charge in [-0.15, -0.1) is 0 Å². The molecule has 112 valence electrons. The van der Waals surface area contributed by atoms with Crippen molar-refractivity contribution < 1.29 is 19.7 Å². The van der Waals surface area contributed by atoms with E-state index in [-0.39, 0.29) is 0 Å². The van der Waals surface area contributed by atoms with Crippen molar-refractivity contribution in [3.05, 3.63) is 61.3 Å². The Bertz CT molecular complexity index is 506. The fraction of sp³-hybridized carbons (Fsp3) is 1.00. The van der Waals surface area contributed by atoms with E-state index < -0.39 is 37.7 Å². The van der Waals surface area contributed by atoms with Crippen LogP contribution in [-0.4, -0.2) is 31.3 Å². The third-order valence-corrected chi connectivity index (χ3v) is 2.05. The molecule has 0 saturated heterocycles. The van der Waals surface area contributed by atoms with Crippen LogP contribution in [0.15, 0.2) is 10.2 Å². The summed E-state index contributed by atoms with van der Waals surface area (Å²) in [6.45, 7) is 0. The Hall–Kier alpha value is -3.78. The first-order valence-corrected chi connectivity index (χ1v) is 4.31. The SMILES string of the molecule is [N-]=[N+]=NC(CC(N=[N+]=[N-])([N+](=O)[O-])[N+](=O)[O-])([N+](=O)[O-])[N+](=O)[O-]. The minimum atomic E-state index is -4.00. The lowest BCUT2D eigenvalue weighted by Crippen LogP contribution is -2.56. The second-order valence-corrected chi connectivity index (χ2v) is 3.13. The molecular weight excluding hydrogens is 304 g/mol. The highest BCUT2D eigenvalue weighted by molar-refractivity contribution is 4.76. The molecule has 0 fully saturated rings. The van der Waals surface area contributed by atoms with Crippen molar-refractivity contribution in [3.8, 4) is 0 Å². The Balaban J connectivity index is 6.44. The van der Waals surface area contributed by atoms with Crippen molar-refractivity contribution in [2.24, 2.45) is 10.2 Å². The molecule has 0 aromatic rings. The molecule has 18 heteroatoms. The molecule has 0 atom stereocenters. The van der Waals surface area contributed by atoms with Crippen LogP contribution >= 0.6 is 0 Å². The van der Waals surface area contributed by atoms with E-state index in [1.54, 1.807) is 9.82 Å². The Morgan fingerprint density at radius 2 is 1.00 bits per heavy atom. The van der Waals surface area contributed by atoms with Gasteiger partial charge in [-0.05, 0) is 11.1 Å². The van der Waals surface area contributed by atoms with Crippen LogP contribution in [0.25, 0.3) is 20.9 Å². The fourth-order valence-electron chi connectivity index (χ4n) is 1.07. The second kappa shape index (κ2) is 5.91. The van der Waals surface area contributed by atoms with Gasteiger partial charge in [-0.3, -0.25) is 40.5 Å². The maximum Gasteiger partial charge on any atom is 0.560 e. The van der Waals surface area contributed by atoms with Gasteiger partial charge in [-0.2, -0.15) is 0 Å². The van der Waals surface area contributed by atoms with Gasteiger partial charge in [-0.25, -0.2) is 0 Å². The van der Waals surface area contributed by atoms with Gasteiger partial charge in [0, 0.05) is 9.82 Å². The number of azide groups is 2. The van der Waals surface area contributed by atoms with Crippen LogP contribution < -0.4 is 0 Å². The summed E-state index contributed by atoms with van der Waals surface area (Å²) in [4.78, 5) is 38.9. The van der Waals surface area contributed by atoms with Gasteiger partial charge >= 0.3 is 11.6 Å². The summed E-state index contributed by atoms with van der Waals surface area (Å²) in [6, 6.07) is 0. The normalized spacial score (nSPS) is 10.7. The molecule has 0 amide bonds. The molecule has 0 heterocycles. The summed E-state index contributed by atoms with van der Waals surface area (Å²) < 4.78 is 0. The van der Waals surface area contributed by atoms with Crippen molar-refractivity contribution in [2.75, 3.05) is 0 Å². The van der Waals surface area contributed by atoms with Gasteiger partial charge in [0.05, 0.1) is 10.2 Å². The van der Waals surface area contributed by atoms with Crippen LogP contribution in [0.4, 0.5) is 0 Å². The largest absolute Gasteiger partial charge is 0.560 e. The molecule has 0 unspecified atom stereocenters. The molecule has 0 bridgehead atoms. The third kappa shape index (κ3) is 2.80. The van der Waals surface area contributed by atoms with Crippen molar-refractivity contribution >= 4 is 0 Å². The first-order chi connectivity index (χ1) is 9.60. The molecule has 0 rings (SSSR count). The predicted octanol–water partition coefficient (Wildman–Crippen LogP) is 0.411. The van der Waals surface area contributed by atoms with Crippen LogP contribution in [-0.2, 0) is 0 Å². The quantitative estimate of drug-likeness (QED) is 0.151. The van der Waals surface area contributed by atoms with Crippen molar-refractivity contribution in [1.82, 2.24) is 0 Å². The molecule has 0 aromatic carbocycles. The minimum absolute atomic E-state index is 1.78. The lowest BCUT2D eigenvalue weighted by molar-refractivity contribution is -0.845. The van der Waals surface area contributed by atoms with Crippen LogP contribution in [0.1, 0.15) is 6.42 Å². The van der Waals surface area contributed by atoms with Crippen molar-refractivity contribution in [1.29, 1.82) is 0 Å². The summed E-state index contributed by atoms with van der Waals surface area (Å²) in [5.41, 5.74) is 16.2. The number of hydrogen-bond donors (Lipinski definition) is 0.